The minimum Gasteiger partial charge on any atom is -0.372 e. The van der Waals surface area contributed by atoms with E-state index >= 15 is 0 Å². The second kappa shape index (κ2) is 7.53. The average molecular weight is 363 g/mol. The Hall–Kier alpha value is -3.28. The molecule has 1 aliphatic rings. The zero-order chi connectivity index (χ0) is 19.6. The van der Waals surface area contributed by atoms with Gasteiger partial charge in [0.25, 0.3) is 0 Å². The van der Waals surface area contributed by atoms with Crippen LogP contribution in [0.2, 0.25) is 0 Å². The van der Waals surface area contributed by atoms with Crippen molar-refractivity contribution < 1.29 is 14.4 Å². The Balaban J connectivity index is 2.12. The van der Waals surface area contributed by atoms with Crippen molar-refractivity contribution in [2.24, 2.45) is 0 Å². The SMILES string of the molecule is CCN(CC)c1ccc(C2=CC(=O)c3ncccc3C2=O)c(NC(C)=O)c1. The van der Waals surface area contributed by atoms with Crippen molar-refractivity contribution in [1.29, 1.82) is 0 Å². The minimum atomic E-state index is -0.318. The highest BCUT2D eigenvalue weighted by Crippen LogP contribution is 2.33. The van der Waals surface area contributed by atoms with Crippen LogP contribution < -0.4 is 10.2 Å². The van der Waals surface area contributed by atoms with Crippen molar-refractivity contribution in [3.63, 3.8) is 0 Å². The fourth-order valence-corrected chi connectivity index (χ4v) is 3.24. The number of nitrogens with one attached hydrogen (secondary N) is 1. The van der Waals surface area contributed by atoms with Crippen molar-refractivity contribution in [2.45, 2.75) is 20.8 Å². The molecule has 138 valence electrons. The normalized spacial score (nSPS) is 13.1. The summed E-state index contributed by atoms with van der Waals surface area (Å²) >= 11 is 0. The first-order valence-electron chi connectivity index (χ1n) is 8.89. The van der Waals surface area contributed by atoms with Gasteiger partial charge in [-0.1, -0.05) is 6.07 Å². The molecule has 0 atom stereocenters. The zero-order valence-corrected chi connectivity index (χ0v) is 15.6. The van der Waals surface area contributed by atoms with Crippen LogP contribution in [0.25, 0.3) is 5.57 Å². The number of aromatic nitrogens is 1. The number of hydrogen-bond acceptors (Lipinski definition) is 5. The van der Waals surface area contributed by atoms with Crippen LogP contribution >= 0.6 is 0 Å². The molecule has 27 heavy (non-hydrogen) atoms. The van der Waals surface area contributed by atoms with E-state index in [1.54, 1.807) is 18.2 Å². The molecule has 6 nitrogen and oxygen atoms in total. The van der Waals surface area contributed by atoms with Crippen LogP contribution in [0.15, 0.2) is 42.6 Å². The van der Waals surface area contributed by atoms with Gasteiger partial charge in [0.2, 0.25) is 11.7 Å². The van der Waals surface area contributed by atoms with E-state index in [0.717, 1.165) is 18.8 Å². The number of carbonyl (C=O) groups is 3. The van der Waals surface area contributed by atoms with E-state index in [1.165, 1.54) is 19.2 Å². The van der Waals surface area contributed by atoms with Crippen LogP contribution in [0, 0.1) is 0 Å². The number of anilines is 2. The van der Waals surface area contributed by atoms with Crippen molar-refractivity contribution in [2.75, 3.05) is 23.3 Å². The number of amides is 1. The van der Waals surface area contributed by atoms with E-state index in [0.29, 0.717) is 11.3 Å². The highest BCUT2D eigenvalue weighted by molar-refractivity contribution is 6.39. The summed E-state index contributed by atoms with van der Waals surface area (Å²) in [6, 6.07) is 8.73. The third-order valence-corrected chi connectivity index (χ3v) is 4.54. The number of hydrogen-bond donors (Lipinski definition) is 1. The molecule has 1 aromatic heterocycles. The van der Waals surface area contributed by atoms with E-state index in [9.17, 15) is 14.4 Å². The van der Waals surface area contributed by atoms with Gasteiger partial charge in [-0.25, -0.2) is 0 Å². The molecule has 1 aromatic carbocycles. The Morgan fingerprint density at radius 1 is 1.11 bits per heavy atom. The van der Waals surface area contributed by atoms with Crippen molar-refractivity contribution in [3.05, 3.63) is 59.4 Å². The lowest BCUT2D eigenvalue weighted by Gasteiger charge is -2.24. The van der Waals surface area contributed by atoms with Gasteiger partial charge in [-0.15, -0.1) is 0 Å². The summed E-state index contributed by atoms with van der Waals surface area (Å²) in [5, 5.41) is 2.79. The van der Waals surface area contributed by atoms with Crippen LogP contribution in [-0.2, 0) is 4.79 Å². The summed E-state index contributed by atoms with van der Waals surface area (Å²) in [4.78, 5) is 43.2. The number of pyridine rings is 1. The van der Waals surface area contributed by atoms with Gasteiger partial charge in [0.15, 0.2) is 5.78 Å². The second-order valence-electron chi connectivity index (χ2n) is 6.23. The molecule has 2 aromatic rings. The molecule has 0 saturated heterocycles. The molecule has 1 N–H and O–H groups in total. The first-order valence-corrected chi connectivity index (χ1v) is 8.89. The molecule has 1 amide bonds. The van der Waals surface area contributed by atoms with Gasteiger partial charge in [0.05, 0.1) is 11.3 Å². The average Bonchev–Trinajstić information content (AvgIpc) is 2.66. The van der Waals surface area contributed by atoms with Gasteiger partial charge < -0.3 is 10.2 Å². The molecular weight excluding hydrogens is 342 g/mol. The number of carbonyl (C=O) groups excluding carboxylic acids is 3. The largest absolute Gasteiger partial charge is 0.372 e. The van der Waals surface area contributed by atoms with E-state index in [1.807, 2.05) is 26.0 Å². The lowest BCUT2D eigenvalue weighted by atomic mass is 9.88. The summed E-state index contributed by atoms with van der Waals surface area (Å²) in [5.41, 5.74) is 2.66. The van der Waals surface area contributed by atoms with Crippen LogP contribution in [0.5, 0.6) is 0 Å². The smallest absolute Gasteiger partial charge is 0.221 e. The molecule has 1 heterocycles. The number of fused-ring (bicyclic) bond motifs is 1. The molecule has 0 radical (unpaired) electrons. The molecule has 0 spiro atoms. The lowest BCUT2D eigenvalue weighted by molar-refractivity contribution is -0.114. The second-order valence-corrected chi connectivity index (χ2v) is 6.23. The molecule has 1 aliphatic carbocycles. The topological polar surface area (TPSA) is 79.4 Å². The quantitative estimate of drug-likeness (QED) is 0.881. The highest BCUT2D eigenvalue weighted by Gasteiger charge is 2.28. The van der Waals surface area contributed by atoms with Crippen molar-refractivity contribution in [1.82, 2.24) is 4.98 Å². The molecule has 0 fully saturated rings. The Morgan fingerprint density at radius 3 is 2.52 bits per heavy atom. The van der Waals surface area contributed by atoms with Crippen LogP contribution in [-0.4, -0.2) is 35.5 Å². The van der Waals surface area contributed by atoms with E-state index < -0.39 is 0 Å². The molecule has 3 rings (SSSR count). The molecular formula is C21H21N3O3. The molecule has 6 heteroatoms. The summed E-state index contributed by atoms with van der Waals surface area (Å²) in [6.07, 6.45) is 2.79. The van der Waals surface area contributed by atoms with E-state index in [-0.39, 0.29) is 34.3 Å². The Morgan fingerprint density at radius 2 is 1.85 bits per heavy atom. The summed E-state index contributed by atoms with van der Waals surface area (Å²) in [6.45, 7) is 7.13. The molecule has 0 unspecified atom stereocenters. The number of nitrogens with zero attached hydrogens (tertiary/aromatic N) is 2. The monoisotopic (exact) mass is 363 g/mol. The Bertz CT molecular complexity index is 959. The van der Waals surface area contributed by atoms with Gasteiger partial charge in [-0.3, -0.25) is 19.4 Å². The van der Waals surface area contributed by atoms with Gasteiger partial charge >= 0.3 is 0 Å². The summed E-state index contributed by atoms with van der Waals surface area (Å²) < 4.78 is 0. The number of rotatable bonds is 5. The predicted octanol–water partition coefficient (Wildman–Crippen LogP) is 3.35. The third-order valence-electron chi connectivity index (χ3n) is 4.54. The van der Waals surface area contributed by atoms with Crippen molar-refractivity contribution >= 4 is 34.4 Å². The van der Waals surface area contributed by atoms with E-state index in [2.05, 4.69) is 15.2 Å². The first-order chi connectivity index (χ1) is 13.0. The highest BCUT2D eigenvalue weighted by atomic mass is 16.1. The zero-order valence-electron chi connectivity index (χ0n) is 15.6. The fraction of sp³-hybridized carbons (Fsp3) is 0.238. The third kappa shape index (κ3) is 3.51. The van der Waals surface area contributed by atoms with Gasteiger partial charge in [-0.2, -0.15) is 0 Å². The predicted molar refractivity (Wildman–Crippen MR) is 105 cm³/mol. The van der Waals surface area contributed by atoms with Gasteiger partial charge in [-0.05, 0) is 44.2 Å². The first kappa shape index (κ1) is 18.5. The fourth-order valence-electron chi connectivity index (χ4n) is 3.24. The number of benzene rings is 1. The Kier molecular flexibility index (Phi) is 5.16. The summed E-state index contributed by atoms with van der Waals surface area (Å²) in [5.74, 6) is -0.841. The maximum Gasteiger partial charge on any atom is 0.221 e. The minimum absolute atomic E-state index is 0.159. The standard InChI is InChI=1S/C21H21N3O3/c1-4-24(5-2)14-8-9-15(18(11-14)23-13(3)25)17-12-19(26)20-16(21(17)27)7-6-10-22-20/h6-12H,4-5H2,1-3H3,(H,23,25). The van der Waals surface area contributed by atoms with Crippen LogP contribution in [0.1, 0.15) is 47.2 Å². The van der Waals surface area contributed by atoms with Gasteiger partial charge in [0.1, 0.15) is 5.69 Å². The summed E-state index contributed by atoms with van der Waals surface area (Å²) in [7, 11) is 0. The van der Waals surface area contributed by atoms with Crippen molar-refractivity contribution in [3.8, 4) is 0 Å². The lowest BCUT2D eigenvalue weighted by Crippen LogP contribution is -2.23. The Labute approximate surface area is 157 Å². The van der Waals surface area contributed by atoms with E-state index in [4.69, 9.17) is 0 Å². The number of Topliss-reactive ketones (excluding diaryl/α,β-unsaturated/α-hetero) is 1. The molecule has 0 bridgehead atoms. The number of ketones is 2. The van der Waals surface area contributed by atoms with Crippen LogP contribution in [0.3, 0.4) is 0 Å². The van der Waals surface area contributed by atoms with Gasteiger partial charge in [0, 0.05) is 43.0 Å². The number of allylic oxidation sites excluding steroid dienone is 2. The maximum atomic E-state index is 12.9. The molecule has 0 aliphatic heterocycles. The maximum absolute atomic E-state index is 12.9. The van der Waals surface area contributed by atoms with Crippen LogP contribution in [0.4, 0.5) is 11.4 Å². The molecule has 0 saturated carbocycles.